The first-order valence-electron chi connectivity index (χ1n) is 27.7. The number of amides is 1. The summed E-state index contributed by atoms with van der Waals surface area (Å²) in [6.45, 7) is 6.47. The number of ether oxygens (including phenoxy) is 1. The summed E-state index contributed by atoms with van der Waals surface area (Å²) in [6.07, 6.45) is 60.6. The SMILES string of the molecule is CCCCC/C=C/C=C/CCCCCCC(CC(=O)NC(CO)C(O)CCCCCCCCCCCCCCC)OC(=O)CCCCCCC/C=C/CCCCCCCCCCC. The second-order valence-electron chi connectivity index (χ2n) is 19.0. The van der Waals surface area contributed by atoms with Crippen LogP contribution >= 0.6 is 0 Å². The number of carbonyl (C=O) groups is 2. The van der Waals surface area contributed by atoms with Gasteiger partial charge in [-0.15, -0.1) is 0 Å². The summed E-state index contributed by atoms with van der Waals surface area (Å²) in [7, 11) is 0. The minimum atomic E-state index is -0.793. The minimum absolute atomic E-state index is 0.0632. The molecule has 0 saturated heterocycles. The van der Waals surface area contributed by atoms with Crippen LogP contribution in [0.3, 0.4) is 0 Å². The van der Waals surface area contributed by atoms with Gasteiger partial charge < -0.3 is 20.3 Å². The Morgan fingerprint density at radius 3 is 1.25 bits per heavy atom. The molecule has 0 aliphatic rings. The van der Waals surface area contributed by atoms with E-state index in [1.807, 2.05) is 0 Å². The van der Waals surface area contributed by atoms with Gasteiger partial charge in [-0.1, -0.05) is 237 Å². The Kier molecular flexibility index (Phi) is 49.5. The van der Waals surface area contributed by atoms with Crippen LogP contribution in [0.1, 0.15) is 290 Å². The predicted molar refractivity (Wildman–Crippen MR) is 273 cm³/mol. The number of aliphatic hydroxyl groups excluding tert-OH is 2. The van der Waals surface area contributed by atoms with Crippen LogP contribution in [-0.2, 0) is 14.3 Å². The molecule has 6 nitrogen and oxygen atoms in total. The molecule has 63 heavy (non-hydrogen) atoms. The van der Waals surface area contributed by atoms with Crippen LogP contribution in [0, 0.1) is 0 Å². The number of hydrogen-bond donors (Lipinski definition) is 3. The first-order chi connectivity index (χ1) is 31.0. The molecule has 0 aromatic carbocycles. The molecule has 0 heterocycles. The predicted octanol–water partition coefficient (Wildman–Crippen LogP) is 16.8. The van der Waals surface area contributed by atoms with E-state index in [2.05, 4.69) is 62.5 Å². The summed E-state index contributed by atoms with van der Waals surface area (Å²) in [5.41, 5.74) is 0. The van der Waals surface area contributed by atoms with E-state index in [1.54, 1.807) is 0 Å². The van der Waals surface area contributed by atoms with Gasteiger partial charge in [0.2, 0.25) is 5.91 Å². The molecular formula is C57H107NO5. The van der Waals surface area contributed by atoms with Crippen molar-refractivity contribution in [3.8, 4) is 0 Å². The molecule has 3 N–H and O–H groups in total. The lowest BCUT2D eigenvalue weighted by Crippen LogP contribution is -2.46. The number of hydrogen-bond acceptors (Lipinski definition) is 5. The minimum Gasteiger partial charge on any atom is -0.462 e. The molecule has 0 fully saturated rings. The van der Waals surface area contributed by atoms with Crippen molar-refractivity contribution in [1.82, 2.24) is 5.32 Å². The van der Waals surface area contributed by atoms with Crippen molar-refractivity contribution in [2.24, 2.45) is 0 Å². The molecule has 1 amide bonds. The number of nitrogens with one attached hydrogen (secondary N) is 1. The van der Waals surface area contributed by atoms with Crippen LogP contribution in [0.25, 0.3) is 0 Å². The van der Waals surface area contributed by atoms with E-state index in [-0.39, 0.29) is 24.9 Å². The molecule has 3 atom stereocenters. The zero-order valence-electron chi connectivity index (χ0n) is 42.2. The fourth-order valence-corrected chi connectivity index (χ4v) is 8.48. The van der Waals surface area contributed by atoms with Crippen LogP contribution < -0.4 is 5.32 Å². The molecule has 3 unspecified atom stereocenters. The van der Waals surface area contributed by atoms with Crippen LogP contribution in [-0.4, -0.2) is 46.9 Å². The maximum Gasteiger partial charge on any atom is 0.306 e. The smallest absolute Gasteiger partial charge is 0.306 e. The van der Waals surface area contributed by atoms with Gasteiger partial charge in [0.05, 0.1) is 25.2 Å². The average Bonchev–Trinajstić information content (AvgIpc) is 3.28. The second kappa shape index (κ2) is 51.1. The summed E-state index contributed by atoms with van der Waals surface area (Å²) in [4.78, 5) is 26.2. The monoisotopic (exact) mass is 886 g/mol. The van der Waals surface area contributed by atoms with Crippen LogP contribution in [0.5, 0.6) is 0 Å². The van der Waals surface area contributed by atoms with E-state index in [9.17, 15) is 19.8 Å². The van der Waals surface area contributed by atoms with Crippen molar-refractivity contribution in [2.75, 3.05) is 6.61 Å². The molecule has 0 aliphatic heterocycles. The summed E-state index contributed by atoms with van der Waals surface area (Å²) in [5, 5.41) is 23.8. The molecule has 0 aromatic rings. The number of esters is 1. The largest absolute Gasteiger partial charge is 0.462 e. The van der Waals surface area contributed by atoms with Gasteiger partial charge in [-0.25, -0.2) is 0 Å². The average molecular weight is 886 g/mol. The van der Waals surface area contributed by atoms with Crippen molar-refractivity contribution < 1.29 is 24.5 Å². The third kappa shape index (κ3) is 46.4. The van der Waals surface area contributed by atoms with E-state index in [0.717, 1.165) is 83.5 Å². The molecule has 0 rings (SSSR count). The standard InChI is InChI=1S/C57H107NO5/c1-4-7-10-13-16-19-22-25-26-27-28-29-32-35-38-41-44-47-50-57(62)63-53(48-45-42-39-36-33-30-23-20-17-14-11-8-5-2)51-56(61)58-54(52-59)55(60)49-46-43-40-37-34-31-24-21-18-15-12-9-6-3/h17,20,23,28-30,53-55,59-60H,4-16,18-19,21-22,24-27,31-52H2,1-3H3,(H,58,61)/b20-17+,29-28+,30-23+. The molecule has 0 spiro atoms. The maximum atomic E-state index is 13.2. The summed E-state index contributed by atoms with van der Waals surface area (Å²) >= 11 is 0. The third-order valence-corrected chi connectivity index (χ3v) is 12.7. The van der Waals surface area contributed by atoms with E-state index >= 15 is 0 Å². The first-order valence-corrected chi connectivity index (χ1v) is 27.7. The van der Waals surface area contributed by atoms with Gasteiger partial charge in [0.1, 0.15) is 6.10 Å². The Morgan fingerprint density at radius 1 is 0.460 bits per heavy atom. The number of allylic oxidation sites excluding steroid dienone is 6. The van der Waals surface area contributed by atoms with Gasteiger partial charge in [-0.05, 0) is 77.0 Å². The van der Waals surface area contributed by atoms with Gasteiger partial charge in [0, 0.05) is 6.42 Å². The van der Waals surface area contributed by atoms with Crippen molar-refractivity contribution in [1.29, 1.82) is 0 Å². The lowest BCUT2D eigenvalue weighted by atomic mass is 10.0. The summed E-state index contributed by atoms with van der Waals surface area (Å²) in [5.74, 6) is -0.493. The third-order valence-electron chi connectivity index (χ3n) is 12.7. The highest BCUT2D eigenvalue weighted by molar-refractivity contribution is 5.77. The van der Waals surface area contributed by atoms with E-state index < -0.39 is 18.2 Å². The van der Waals surface area contributed by atoms with Crippen LogP contribution in [0.15, 0.2) is 36.5 Å². The van der Waals surface area contributed by atoms with Gasteiger partial charge in [0.25, 0.3) is 0 Å². The molecule has 370 valence electrons. The highest BCUT2D eigenvalue weighted by Crippen LogP contribution is 2.18. The van der Waals surface area contributed by atoms with E-state index in [1.165, 1.54) is 161 Å². The molecule has 0 aromatic heterocycles. The Morgan fingerprint density at radius 2 is 0.810 bits per heavy atom. The Bertz CT molecular complexity index is 1040. The van der Waals surface area contributed by atoms with Gasteiger partial charge in [-0.3, -0.25) is 9.59 Å². The van der Waals surface area contributed by atoms with Gasteiger partial charge in [-0.2, -0.15) is 0 Å². The molecule has 0 bridgehead atoms. The zero-order chi connectivity index (χ0) is 45.9. The Labute approximate surface area is 392 Å². The Balaban J connectivity index is 4.55. The summed E-state index contributed by atoms with van der Waals surface area (Å²) < 4.78 is 5.94. The molecule has 0 aliphatic carbocycles. The summed E-state index contributed by atoms with van der Waals surface area (Å²) in [6, 6.07) is -0.708. The fourth-order valence-electron chi connectivity index (χ4n) is 8.48. The van der Waals surface area contributed by atoms with E-state index in [0.29, 0.717) is 19.3 Å². The van der Waals surface area contributed by atoms with Crippen molar-refractivity contribution in [3.63, 3.8) is 0 Å². The topological polar surface area (TPSA) is 95.9 Å². The Hall–Kier alpha value is -1.92. The van der Waals surface area contributed by atoms with Crippen LogP contribution in [0.4, 0.5) is 0 Å². The van der Waals surface area contributed by atoms with Gasteiger partial charge in [0.15, 0.2) is 0 Å². The number of aliphatic hydroxyl groups is 2. The normalized spacial score (nSPS) is 13.4. The van der Waals surface area contributed by atoms with Crippen molar-refractivity contribution in [3.05, 3.63) is 36.5 Å². The number of rotatable bonds is 50. The maximum absolute atomic E-state index is 13.2. The van der Waals surface area contributed by atoms with Crippen molar-refractivity contribution in [2.45, 2.75) is 309 Å². The zero-order valence-corrected chi connectivity index (χ0v) is 42.2. The van der Waals surface area contributed by atoms with Crippen LogP contribution in [0.2, 0.25) is 0 Å². The first kappa shape index (κ1) is 61.1. The van der Waals surface area contributed by atoms with E-state index in [4.69, 9.17) is 4.74 Å². The fraction of sp³-hybridized carbons (Fsp3) is 0.860. The molecule has 0 radical (unpaired) electrons. The number of unbranched alkanes of at least 4 members (excludes halogenated alkanes) is 33. The highest BCUT2D eigenvalue weighted by atomic mass is 16.5. The lowest BCUT2D eigenvalue weighted by molar-refractivity contribution is -0.151. The van der Waals surface area contributed by atoms with Crippen molar-refractivity contribution >= 4 is 11.9 Å². The lowest BCUT2D eigenvalue weighted by Gasteiger charge is -2.24. The highest BCUT2D eigenvalue weighted by Gasteiger charge is 2.24. The molecule has 6 heteroatoms. The molecule has 0 saturated carbocycles. The number of carbonyl (C=O) groups excluding carboxylic acids is 2. The molecular weight excluding hydrogens is 779 g/mol. The van der Waals surface area contributed by atoms with Gasteiger partial charge >= 0.3 is 5.97 Å². The quantitative estimate of drug-likeness (QED) is 0.0245. The second-order valence-corrected chi connectivity index (χ2v) is 19.0.